The SMILES string of the molecule is CN(C)P(=O)(Cl)OCC1CN(P(=O)(OCC2CN(C(c3ccccc3)(c3ccccc3)c3ccccc3)CC(n3cnc4c(NC(=O)c5ccccc5)ncnc43)O2)N(C)C)CC(n2cnc3c(NC(=O)c4ccccc4)ncnc32)O1. The fourth-order valence-corrected chi connectivity index (χ4v) is 13.2. The molecule has 2 amide bonds. The van der Waals surface area contributed by atoms with Gasteiger partial charge in [-0.15, -0.1) is 0 Å². The zero-order valence-corrected chi connectivity index (χ0v) is 47.7. The predicted octanol–water partition coefficient (Wildman–Crippen LogP) is 9.17. The molecule has 2 saturated heterocycles. The average molecular weight is 1170 g/mol. The first-order chi connectivity index (χ1) is 39.7. The molecular formula is C57H59ClN14O8P2. The van der Waals surface area contributed by atoms with Crippen molar-refractivity contribution in [3.05, 3.63) is 205 Å². The molecule has 4 aromatic heterocycles. The molecule has 0 spiro atoms. The first kappa shape index (κ1) is 56.4. The van der Waals surface area contributed by atoms with Gasteiger partial charge in [0.2, 0.25) is 0 Å². The van der Waals surface area contributed by atoms with Crippen molar-refractivity contribution in [1.29, 1.82) is 0 Å². The summed E-state index contributed by atoms with van der Waals surface area (Å²) in [5.74, 6) is -0.362. The van der Waals surface area contributed by atoms with E-state index in [-0.39, 0.29) is 62.5 Å². The van der Waals surface area contributed by atoms with E-state index in [0.29, 0.717) is 27.9 Å². The van der Waals surface area contributed by atoms with Crippen LogP contribution in [-0.2, 0) is 33.2 Å². The van der Waals surface area contributed by atoms with Gasteiger partial charge in [0, 0.05) is 30.8 Å². The van der Waals surface area contributed by atoms with Gasteiger partial charge in [-0.1, -0.05) is 127 Å². The van der Waals surface area contributed by atoms with Crippen LogP contribution in [0.2, 0.25) is 0 Å². The highest BCUT2D eigenvalue weighted by atomic mass is 35.7. The van der Waals surface area contributed by atoms with Crippen molar-refractivity contribution in [2.24, 2.45) is 0 Å². The standard InChI is InChI=1S/C57H59ClN14O8P2/c1-67(2)81(58,75)77-34-46-31-70(33-48(80-46)72-39-64-50-52(60-37-62-54(50)72)66-56(74)41-22-12-6-13-23-41)82(76,68(3)4)78-35-45-30-69(57(42-24-14-7-15-25-42,43-26-16-8-17-27-43)44-28-18-9-19-29-44)32-47(79-45)71-38-63-49-51(59-36-61-53(49)71)65-55(73)40-20-10-5-11-21-40/h5-29,36-39,45-48H,30-35H2,1-4H3,(H,59,61,65,73)(H,60,62,66,74). The lowest BCUT2D eigenvalue weighted by Gasteiger charge is -2.51. The van der Waals surface area contributed by atoms with Crippen LogP contribution in [0.15, 0.2) is 177 Å². The number of fused-ring (bicyclic) bond motifs is 2. The minimum atomic E-state index is -4.10. The van der Waals surface area contributed by atoms with Gasteiger partial charge < -0.3 is 29.2 Å². The molecule has 0 bridgehead atoms. The summed E-state index contributed by atoms with van der Waals surface area (Å²) in [6, 6.07) is 48.4. The van der Waals surface area contributed by atoms with Crippen molar-refractivity contribution in [2.75, 3.05) is 78.2 Å². The van der Waals surface area contributed by atoms with Crippen molar-refractivity contribution in [3.63, 3.8) is 0 Å². The van der Waals surface area contributed by atoms with Crippen LogP contribution >= 0.6 is 25.8 Å². The van der Waals surface area contributed by atoms with Crippen molar-refractivity contribution in [2.45, 2.75) is 30.2 Å². The van der Waals surface area contributed by atoms with Crippen LogP contribution in [-0.4, -0.2) is 150 Å². The molecule has 82 heavy (non-hydrogen) atoms. The second kappa shape index (κ2) is 24.2. The highest BCUT2D eigenvalue weighted by Crippen LogP contribution is 2.57. The number of carbonyl (C=O) groups excluding carboxylic acids is 2. The summed E-state index contributed by atoms with van der Waals surface area (Å²) >= 11 is 6.40. The number of nitrogens with zero attached hydrogens (tertiary/aromatic N) is 12. The van der Waals surface area contributed by atoms with Crippen molar-refractivity contribution in [3.8, 4) is 0 Å². The number of hydrogen-bond acceptors (Lipinski definition) is 15. The molecule has 2 N–H and O–H groups in total. The molecule has 422 valence electrons. The Hall–Kier alpha value is -7.43. The Morgan fingerprint density at radius 3 is 1.41 bits per heavy atom. The van der Waals surface area contributed by atoms with Gasteiger partial charge >= 0.3 is 14.5 Å². The van der Waals surface area contributed by atoms with Crippen LogP contribution in [0, 0.1) is 0 Å². The molecule has 9 aromatic rings. The zero-order chi connectivity index (χ0) is 57.0. The summed E-state index contributed by atoms with van der Waals surface area (Å²) in [6.45, 7) is -3.74. The highest BCUT2D eigenvalue weighted by molar-refractivity contribution is 7.83. The molecule has 0 aliphatic carbocycles. The first-order valence-electron chi connectivity index (χ1n) is 26.3. The highest BCUT2D eigenvalue weighted by Gasteiger charge is 2.49. The minimum absolute atomic E-state index is 0.0143. The number of aromatic nitrogens is 8. The normalized spacial score (nSPS) is 19.7. The number of anilines is 2. The third-order valence-electron chi connectivity index (χ3n) is 14.4. The summed E-state index contributed by atoms with van der Waals surface area (Å²) in [4.78, 5) is 56.6. The molecule has 22 nitrogen and oxygen atoms in total. The van der Waals surface area contributed by atoms with Gasteiger partial charge in [0.15, 0.2) is 34.0 Å². The number of hydrogen-bond donors (Lipinski definition) is 2. The van der Waals surface area contributed by atoms with Gasteiger partial charge in [-0.3, -0.25) is 32.8 Å². The number of rotatable bonds is 19. The van der Waals surface area contributed by atoms with E-state index in [9.17, 15) is 14.2 Å². The molecule has 6 heterocycles. The average Bonchev–Trinajstić information content (AvgIpc) is 2.49. The van der Waals surface area contributed by atoms with Gasteiger partial charge in [0.25, 0.3) is 11.8 Å². The fourth-order valence-electron chi connectivity index (χ4n) is 10.4. The second-order valence-electron chi connectivity index (χ2n) is 20.0. The van der Waals surface area contributed by atoms with Crippen molar-refractivity contribution in [1.82, 2.24) is 57.9 Å². The van der Waals surface area contributed by atoms with E-state index in [4.69, 9.17) is 39.7 Å². The maximum atomic E-state index is 16.1. The van der Waals surface area contributed by atoms with Gasteiger partial charge in [-0.25, -0.2) is 43.9 Å². The van der Waals surface area contributed by atoms with E-state index >= 15 is 4.57 Å². The number of morpholine rings is 2. The van der Waals surface area contributed by atoms with E-state index in [1.54, 1.807) is 92.3 Å². The van der Waals surface area contributed by atoms with E-state index in [2.05, 4.69) is 71.9 Å². The third kappa shape index (κ3) is 11.4. The van der Waals surface area contributed by atoms with Crippen LogP contribution in [0.1, 0.15) is 49.9 Å². The number of amides is 2. The Kier molecular flexibility index (Phi) is 16.6. The number of carbonyl (C=O) groups is 2. The van der Waals surface area contributed by atoms with Crippen LogP contribution in [0.4, 0.5) is 11.6 Å². The summed E-state index contributed by atoms with van der Waals surface area (Å²) in [5.41, 5.74) is 4.24. The van der Waals surface area contributed by atoms with Crippen LogP contribution in [0.3, 0.4) is 0 Å². The lowest BCUT2D eigenvalue weighted by molar-refractivity contribution is -0.147. The topological polar surface area (TPSA) is 229 Å². The predicted molar refractivity (Wildman–Crippen MR) is 310 cm³/mol. The molecule has 2 fully saturated rings. The molecule has 0 saturated carbocycles. The molecule has 0 radical (unpaired) electrons. The van der Waals surface area contributed by atoms with E-state index in [1.165, 1.54) is 28.3 Å². The number of benzene rings is 5. The Balaban J connectivity index is 0.958. The molecule has 6 atom stereocenters. The maximum absolute atomic E-state index is 16.1. The fraction of sp³-hybridized carbons (Fsp3) is 0.263. The van der Waals surface area contributed by atoms with E-state index < -0.39 is 50.7 Å². The van der Waals surface area contributed by atoms with Gasteiger partial charge in [-0.05, 0) is 80.4 Å². The largest absolute Gasteiger partial charge is 0.362 e. The lowest BCUT2D eigenvalue weighted by atomic mass is 9.75. The van der Waals surface area contributed by atoms with Crippen molar-refractivity contribution >= 4 is 71.6 Å². The minimum Gasteiger partial charge on any atom is -0.350 e. The molecule has 6 unspecified atom stereocenters. The van der Waals surface area contributed by atoms with Crippen LogP contribution < -0.4 is 10.6 Å². The van der Waals surface area contributed by atoms with E-state index in [0.717, 1.165) is 16.7 Å². The van der Waals surface area contributed by atoms with E-state index in [1.807, 2.05) is 71.3 Å². The smallest absolute Gasteiger partial charge is 0.350 e. The molecular weight excluding hydrogens is 1110 g/mol. The number of nitrogens with one attached hydrogen (secondary N) is 2. The Labute approximate surface area is 477 Å². The molecule has 2 aliphatic rings. The summed E-state index contributed by atoms with van der Waals surface area (Å²) in [7, 11) is 2.33. The quantitative estimate of drug-likeness (QED) is 0.0568. The number of ether oxygens (including phenoxy) is 2. The summed E-state index contributed by atoms with van der Waals surface area (Å²) < 4.78 is 64.0. The zero-order valence-electron chi connectivity index (χ0n) is 45.2. The Bertz CT molecular complexity index is 3680. The Morgan fingerprint density at radius 1 is 0.561 bits per heavy atom. The van der Waals surface area contributed by atoms with Crippen molar-refractivity contribution < 1.29 is 37.2 Å². The first-order valence-corrected chi connectivity index (χ1v) is 30.3. The van der Waals surface area contributed by atoms with Crippen LogP contribution in [0.5, 0.6) is 0 Å². The van der Waals surface area contributed by atoms with Gasteiger partial charge in [0.05, 0.1) is 50.2 Å². The third-order valence-corrected chi connectivity index (χ3v) is 19.6. The lowest BCUT2D eigenvalue weighted by Crippen LogP contribution is -2.57. The Morgan fingerprint density at radius 2 is 0.976 bits per heavy atom. The molecule has 25 heteroatoms. The molecule has 11 rings (SSSR count). The molecule has 2 aliphatic heterocycles. The number of halogens is 1. The molecule has 5 aromatic carbocycles. The number of imidazole rings is 2. The van der Waals surface area contributed by atoms with Crippen LogP contribution in [0.25, 0.3) is 22.3 Å². The second-order valence-corrected chi connectivity index (χ2v) is 25.8. The maximum Gasteiger partial charge on any atom is 0.362 e. The van der Waals surface area contributed by atoms with Gasteiger partial charge in [0.1, 0.15) is 25.1 Å². The summed E-state index contributed by atoms with van der Waals surface area (Å²) in [5, 5.41) is 5.76. The monoisotopic (exact) mass is 1160 g/mol. The van der Waals surface area contributed by atoms with Gasteiger partial charge in [-0.2, -0.15) is 0 Å². The summed E-state index contributed by atoms with van der Waals surface area (Å²) in [6.07, 6.45) is 2.40.